The van der Waals surface area contributed by atoms with Crippen molar-refractivity contribution >= 4 is 23.5 Å². The number of aryl methyl sites for hydroxylation is 1. The monoisotopic (exact) mass is 405 g/mol. The average molecular weight is 406 g/mol. The number of hydrogen-bond donors (Lipinski definition) is 2. The maximum absolute atomic E-state index is 10.2. The van der Waals surface area contributed by atoms with Crippen LogP contribution >= 0.6 is 11.9 Å². The smallest absolute Gasteiger partial charge is 0.178 e. The molecule has 3 N–H and O–H groups in total. The third-order valence-corrected chi connectivity index (χ3v) is 6.44. The van der Waals surface area contributed by atoms with Crippen LogP contribution in [0.4, 0.5) is 11.5 Å². The summed E-state index contributed by atoms with van der Waals surface area (Å²) >= 11 is 1.76. The molecule has 2 aliphatic rings. The van der Waals surface area contributed by atoms with Crippen molar-refractivity contribution in [3.63, 3.8) is 0 Å². The number of anilines is 2. The van der Waals surface area contributed by atoms with E-state index < -0.39 is 0 Å². The predicted octanol–water partition coefficient (Wildman–Crippen LogP) is 3.92. The molecule has 0 saturated heterocycles. The molecule has 1 aliphatic heterocycles. The molecule has 0 bridgehead atoms. The number of benzene rings is 2. The standard InChI is InChI=1S/C22H23N5OS/c1-25(28)22-19-11-5-15-4-6-16(23)14-20(15)21(19)27(24-22)17-7-9-18(10-8-17)29-26-12-2-3-13-26/h2-4,6-10,14,28H,5,11-13,23H2,1H3. The number of hydroxylamine groups is 1. The number of nitrogen functional groups attached to an aromatic ring is 1. The normalized spacial score (nSPS) is 15.4. The summed E-state index contributed by atoms with van der Waals surface area (Å²) in [4.78, 5) is 1.20. The summed E-state index contributed by atoms with van der Waals surface area (Å²) in [6.45, 7) is 1.95. The fourth-order valence-corrected chi connectivity index (χ4v) is 4.89. The minimum absolute atomic E-state index is 0.592. The van der Waals surface area contributed by atoms with E-state index in [4.69, 9.17) is 10.8 Å². The van der Waals surface area contributed by atoms with Crippen molar-refractivity contribution < 1.29 is 5.21 Å². The van der Waals surface area contributed by atoms with Gasteiger partial charge in [0.05, 0.1) is 11.4 Å². The molecular weight excluding hydrogens is 382 g/mol. The summed E-state index contributed by atoms with van der Waals surface area (Å²) in [5.41, 5.74) is 12.2. The number of nitrogens with two attached hydrogens (primary N) is 1. The quantitative estimate of drug-likeness (QED) is 0.297. The van der Waals surface area contributed by atoms with Crippen LogP contribution < -0.4 is 10.8 Å². The molecule has 7 heteroatoms. The lowest BCUT2D eigenvalue weighted by molar-refractivity contribution is 0.275. The van der Waals surface area contributed by atoms with Crippen LogP contribution in [0.1, 0.15) is 11.1 Å². The Morgan fingerprint density at radius 1 is 1.07 bits per heavy atom. The van der Waals surface area contributed by atoms with Gasteiger partial charge in [-0.25, -0.2) is 14.1 Å². The van der Waals surface area contributed by atoms with Crippen molar-refractivity contribution in [2.75, 3.05) is 30.9 Å². The van der Waals surface area contributed by atoms with Crippen molar-refractivity contribution in [2.24, 2.45) is 0 Å². The van der Waals surface area contributed by atoms with Crippen molar-refractivity contribution in [3.8, 4) is 16.9 Å². The Labute approximate surface area is 174 Å². The van der Waals surface area contributed by atoms with Crippen LogP contribution in [-0.4, -0.2) is 39.4 Å². The molecule has 0 radical (unpaired) electrons. The van der Waals surface area contributed by atoms with Gasteiger partial charge in [-0.3, -0.25) is 5.21 Å². The van der Waals surface area contributed by atoms with E-state index in [0.29, 0.717) is 5.82 Å². The van der Waals surface area contributed by atoms with Gasteiger partial charge in [0.1, 0.15) is 0 Å². The molecular formula is C22H23N5OS. The lowest BCUT2D eigenvalue weighted by Crippen LogP contribution is -2.13. The molecule has 1 aliphatic carbocycles. The van der Waals surface area contributed by atoms with Gasteiger partial charge in [0.25, 0.3) is 0 Å². The third kappa shape index (κ3) is 3.31. The summed E-state index contributed by atoms with van der Waals surface area (Å²) in [6.07, 6.45) is 6.12. The largest absolute Gasteiger partial charge is 0.399 e. The van der Waals surface area contributed by atoms with Gasteiger partial charge in [-0.2, -0.15) is 0 Å². The van der Waals surface area contributed by atoms with Gasteiger partial charge >= 0.3 is 0 Å². The molecule has 5 rings (SSSR count). The minimum Gasteiger partial charge on any atom is -0.399 e. The average Bonchev–Trinajstić information content (AvgIpc) is 3.36. The Balaban J connectivity index is 1.57. The first-order valence-corrected chi connectivity index (χ1v) is 10.5. The Hall–Kier alpha value is -2.74. The number of nitrogens with zero attached hydrogens (tertiary/aromatic N) is 4. The Bertz CT molecular complexity index is 1080. The van der Waals surface area contributed by atoms with Crippen molar-refractivity contribution in [2.45, 2.75) is 17.7 Å². The summed E-state index contributed by atoms with van der Waals surface area (Å²) in [5, 5.41) is 16.0. The molecule has 6 nitrogen and oxygen atoms in total. The molecule has 2 aromatic carbocycles. The highest BCUT2D eigenvalue weighted by Crippen LogP contribution is 2.40. The van der Waals surface area contributed by atoms with E-state index in [2.05, 4.69) is 46.8 Å². The van der Waals surface area contributed by atoms with Gasteiger partial charge in [0.2, 0.25) is 0 Å². The van der Waals surface area contributed by atoms with Crippen LogP contribution in [0.2, 0.25) is 0 Å². The van der Waals surface area contributed by atoms with Crippen LogP contribution in [-0.2, 0) is 12.8 Å². The van der Waals surface area contributed by atoms with E-state index in [1.54, 1.807) is 19.0 Å². The molecule has 0 amide bonds. The van der Waals surface area contributed by atoms with Gasteiger partial charge in [0, 0.05) is 41.8 Å². The predicted molar refractivity (Wildman–Crippen MR) is 118 cm³/mol. The lowest BCUT2D eigenvalue weighted by atomic mass is 9.89. The highest BCUT2D eigenvalue weighted by atomic mass is 32.2. The molecule has 29 heavy (non-hydrogen) atoms. The number of aromatic nitrogens is 2. The number of hydrogen-bond acceptors (Lipinski definition) is 6. The van der Waals surface area contributed by atoms with Crippen LogP contribution in [0.3, 0.4) is 0 Å². The SMILES string of the molecule is CN(O)c1nn(-c2ccc(SN3CC=CC3)cc2)c2c1CCc1ccc(N)cc1-2. The Kier molecular flexibility index (Phi) is 4.58. The van der Waals surface area contributed by atoms with E-state index in [1.165, 1.54) is 10.5 Å². The van der Waals surface area contributed by atoms with E-state index >= 15 is 0 Å². The van der Waals surface area contributed by atoms with E-state index in [-0.39, 0.29) is 0 Å². The van der Waals surface area contributed by atoms with Gasteiger partial charge in [-0.1, -0.05) is 18.2 Å². The second-order valence-electron chi connectivity index (χ2n) is 7.41. The topological polar surface area (TPSA) is 70.5 Å². The van der Waals surface area contributed by atoms with Crippen LogP contribution in [0.15, 0.2) is 59.5 Å². The first-order valence-electron chi connectivity index (χ1n) is 9.72. The Morgan fingerprint density at radius 3 is 2.55 bits per heavy atom. The molecule has 0 spiro atoms. The first kappa shape index (κ1) is 18.3. The summed E-state index contributed by atoms with van der Waals surface area (Å²) in [7, 11) is 1.62. The second-order valence-corrected chi connectivity index (χ2v) is 8.58. The zero-order valence-electron chi connectivity index (χ0n) is 16.2. The van der Waals surface area contributed by atoms with Crippen LogP contribution in [0, 0.1) is 0 Å². The van der Waals surface area contributed by atoms with Crippen molar-refractivity contribution in [3.05, 3.63) is 65.7 Å². The lowest BCUT2D eigenvalue weighted by Gasteiger charge is -2.20. The maximum atomic E-state index is 10.2. The van der Waals surface area contributed by atoms with Gasteiger partial charge in [-0.15, -0.1) is 5.10 Å². The minimum atomic E-state index is 0.592. The number of rotatable bonds is 4. The molecule has 0 atom stereocenters. The summed E-state index contributed by atoms with van der Waals surface area (Å²) < 4.78 is 4.24. The molecule has 2 heterocycles. The molecule has 148 valence electrons. The van der Waals surface area contributed by atoms with E-state index in [0.717, 1.165) is 59.2 Å². The van der Waals surface area contributed by atoms with E-state index in [9.17, 15) is 5.21 Å². The highest BCUT2D eigenvalue weighted by molar-refractivity contribution is 7.97. The van der Waals surface area contributed by atoms with Crippen LogP contribution in [0.25, 0.3) is 16.9 Å². The van der Waals surface area contributed by atoms with Gasteiger partial charge < -0.3 is 5.73 Å². The zero-order chi connectivity index (χ0) is 20.0. The Morgan fingerprint density at radius 2 is 1.83 bits per heavy atom. The van der Waals surface area contributed by atoms with Gasteiger partial charge in [0.15, 0.2) is 5.82 Å². The fraction of sp³-hybridized carbons (Fsp3) is 0.227. The zero-order valence-corrected chi connectivity index (χ0v) is 17.1. The van der Waals surface area contributed by atoms with Crippen molar-refractivity contribution in [1.29, 1.82) is 0 Å². The highest BCUT2D eigenvalue weighted by Gasteiger charge is 2.27. The molecule has 3 aromatic rings. The first-order chi connectivity index (χ1) is 14.1. The molecule has 1 aromatic heterocycles. The third-order valence-electron chi connectivity index (χ3n) is 5.40. The van der Waals surface area contributed by atoms with E-state index in [1.807, 2.05) is 16.8 Å². The molecule has 0 saturated carbocycles. The van der Waals surface area contributed by atoms with Crippen molar-refractivity contribution in [1.82, 2.24) is 14.1 Å². The van der Waals surface area contributed by atoms with Crippen LogP contribution in [0.5, 0.6) is 0 Å². The second kappa shape index (κ2) is 7.26. The number of fused-ring (bicyclic) bond motifs is 3. The summed E-state index contributed by atoms with van der Waals surface area (Å²) in [5.74, 6) is 0.592. The summed E-state index contributed by atoms with van der Waals surface area (Å²) in [6, 6.07) is 14.5. The maximum Gasteiger partial charge on any atom is 0.178 e. The van der Waals surface area contributed by atoms with Gasteiger partial charge in [-0.05, 0) is 66.8 Å². The fourth-order valence-electron chi connectivity index (χ4n) is 4.02. The molecule has 0 fully saturated rings. The molecule has 0 unspecified atom stereocenters.